The first-order chi connectivity index (χ1) is 6.08. The molecule has 0 saturated carbocycles. The van der Waals surface area contributed by atoms with Crippen molar-refractivity contribution in [1.82, 2.24) is 5.32 Å². The minimum Gasteiger partial charge on any atom is -0.508 e. The number of phenolic OH excluding ortho intramolecular Hbond substituents is 2. The third-order valence-electron chi connectivity index (χ3n) is 1.50. The van der Waals surface area contributed by atoms with Gasteiger partial charge in [0.2, 0.25) is 5.91 Å². The molecular weight excluding hydrogens is 170 g/mol. The van der Waals surface area contributed by atoms with E-state index in [0.29, 0.717) is 12.1 Å². The second kappa shape index (κ2) is 3.80. The van der Waals surface area contributed by atoms with Crippen LogP contribution in [0.4, 0.5) is 0 Å². The summed E-state index contributed by atoms with van der Waals surface area (Å²) in [6.45, 7) is 1.71. The standard InChI is InChI=1S/C9H11NO3/c1-6(11)10-5-7-2-8(12)4-9(13)3-7/h2-4,12-13H,5H2,1H3,(H,10,11). The van der Waals surface area contributed by atoms with Crippen LogP contribution in [0, 0.1) is 0 Å². The van der Waals surface area contributed by atoms with Crippen molar-refractivity contribution in [3.05, 3.63) is 23.8 Å². The number of hydrogen-bond acceptors (Lipinski definition) is 3. The van der Waals surface area contributed by atoms with E-state index < -0.39 is 0 Å². The fourth-order valence-electron chi connectivity index (χ4n) is 0.985. The Morgan fingerprint density at radius 2 is 1.85 bits per heavy atom. The molecule has 0 radical (unpaired) electrons. The molecule has 0 aromatic heterocycles. The van der Waals surface area contributed by atoms with Crippen LogP contribution in [0.15, 0.2) is 18.2 Å². The topological polar surface area (TPSA) is 69.6 Å². The fourth-order valence-corrected chi connectivity index (χ4v) is 0.985. The molecule has 1 aromatic carbocycles. The van der Waals surface area contributed by atoms with Crippen molar-refractivity contribution >= 4 is 5.91 Å². The van der Waals surface area contributed by atoms with Crippen LogP contribution in [0.5, 0.6) is 11.5 Å². The summed E-state index contributed by atoms with van der Waals surface area (Å²) in [5.41, 5.74) is 0.660. The fraction of sp³-hybridized carbons (Fsp3) is 0.222. The molecule has 0 saturated heterocycles. The molecule has 0 fully saturated rings. The van der Waals surface area contributed by atoms with Gasteiger partial charge in [0.1, 0.15) is 11.5 Å². The molecule has 0 aliphatic carbocycles. The van der Waals surface area contributed by atoms with E-state index in [0.717, 1.165) is 0 Å². The Kier molecular flexibility index (Phi) is 2.74. The van der Waals surface area contributed by atoms with E-state index in [1.54, 1.807) is 0 Å². The normalized spacial score (nSPS) is 9.62. The summed E-state index contributed by atoms with van der Waals surface area (Å²) in [7, 11) is 0. The van der Waals surface area contributed by atoms with E-state index in [1.807, 2.05) is 0 Å². The molecule has 4 heteroatoms. The molecule has 1 rings (SSSR count). The van der Waals surface area contributed by atoms with Crippen molar-refractivity contribution in [1.29, 1.82) is 0 Å². The van der Waals surface area contributed by atoms with Crippen LogP contribution in [0.3, 0.4) is 0 Å². The third kappa shape index (κ3) is 3.02. The molecule has 0 spiro atoms. The lowest BCUT2D eigenvalue weighted by Gasteiger charge is -2.03. The molecular formula is C9H11NO3. The first-order valence-corrected chi connectivity index (χ1v) is 3.84. The van der Waals surface area contributed by atoms with Gasteiger partial charge in [-0.05, 0) is 17.7 Å². The molecule has 0 atom stereocenters. The third-order valence-corrected chi connectivity index (χ3v) is 1.50. The van der Waals surface area contributed by atoms with Crippen molar-refractivity contribution < 1.29 is 15.0 Å². The number of aromatic hydroxyl groups is 2. The van der Waals surface area contributed by atoms with Gasteiger partial charge in [-0.15, -0.1) is 0 Å². The first-order valence-electron chi connectivity index (χ1n) is 3.84. The lowest BCUT2D eigenvalue weighted by molar-refractivity contribution is -0.119. The van der Waals surface area contributed by atoms with Crippen LogP contribution in [-0.4, -0.2) is 16.1 Å². The van der Waals surface area contributed by atoms with E-state index >= 15 is 0 Å². The van der Waals surface area contributed by atoms with Gasteiger partial charge in [-0.2, -0.15) is 0 Å². The van der Waals surface area contributed by atoms with E-state index in [9.17, 15) is 4.79 Å². The number of phenols is 2. The van der Waals surface area contributed by atoms with Gasteiger partial charge in [-0.1, -0.05) is 0 Å². The number of carbonyl (C=O) groups is 1. The van der Waals surface area contributed by atoms with Gasteiger partial charge in [0.05, 0.1) is 0 Å². The minimum absolute atomic E-state index is 0.0136. The van der Waals surface area contributed by atoms with E-state index in [1.165, 1.54) is 25.1 Å². The van der Waals surface area contributed by atoms with Gasteiger partial charge >= 0.3 is 0 Å². The number of carbonyl (C=O) groups excluding carboxylic acids is 1. The summed E-state index contributed by atoms with van der Waals surface area (Å²) in [5.74, 6) is -0.177. The van der Waals surface area contributed by atoms with Crippen molar-refractivity contribution in [3.63, 3.8) is 0 Å². The van der Waals surface area contributed by atoms with Crippen molar-refractivity contribution in [2.75, 3.05) is 0 Å². The molecule has 0 aliphatic rings. The summed E-state index contributed by atoms with van der Waals surface area (Å²) in [5, 5.41) is 20.7. The Labute approximate surface area is 75.8 Å². The van der Waals surface area contributed by atoms with Crippen molar-refractivity contribution in [2.45, 2.75) is 13.5 Å². The molecule has 0 aliphatic heterocycles. The zero-order valence-corrected chi connectivity index (χ0v) is 7.24. The van der Waals surface area contributed by atoms with Crippen LogP contribution in [0.1, 0.15) is 12.5 Å². The SMILES string of the molecule is CC(=O)NCc1cc(O)cc(O)c1. The number of hydrogen-bond donors (Lipinski definition) is 3. The van der Waals surface area contributed by atoms with Gasteiger partial charge in [-0.25, -0.2) is 0 Å². The monoisotopic (exact) mass is 181 g/mol. The van der Waals surface area contributed by atoms with E-state index in [2.05, 4.69) is 5.32 Å². The second-order valence-corrected chi connectivity index (χ2v) is 2.77. The predicted molar refractivity (Wildman–Crippen MR) is 47.3 cm³/mol. The summed E-state index contributed by atoms with van der Waals surface area (Å²) >= 11 is 0. The molecule has 4 nitrogen and oxygen atoms in total. The van der Waals surface area contributed by atoms with Gasteiger partial charge in [0.15, 0.2) is 0 Å². The van der Waals surface area contributed by atoms with Gasteiger partial charge in [0.25, 0.3) is 0 Å². The van der Waals surface area contributed by atoms with Crippen LogP contribution >= 0.6 is 0 Å². The van der Waals surface area contributed by atoms with Crippen LogP contribution in [0.2, 0.25) is 0 Å². The molecule has 0 heterocycles. The average Bonchev–Trinajstić information content (AvgIpc) is 1.99. The largest absolute Gasteiger partial charge is 0.508 e. The Hall–Kier alpha value is -1.71. The summed E-state index contributed by atoms with van der Waals surface area (Å²) in [4.78, 5) is 10.6. The maximum atomic E-state index is 10.6. The number of benzene rings is 1. The Morgan fingerprint density at radius 1 is 1.31 bits per heavy atom. The zero-order chi connectivity index (χ0) is 9.84. The van der Waals surface area contributed by atoms with Crippen molar-refractivity contribution in [2.24, 2.45) is 0 Å². The first kappa shape index (κ1) is 9.38. The van der Waals surface area contributed by atoms with Crippen LogP contribution in [-0.2, 0) is 11.3 Å². The van der Waals surface area contributed by atoms with Gasteiger partial charge in [0, 0.05) is 19.5 Å². The number of rotatable bonds is 2. The zero-order valence-electron chi connectivity index (χ0n) is 7.24. The van der Waals surface area contributed by atoms with E-state index in [4.69, 9.17) is 10.2 Å². The Bertz CT molecular complexity index is 302. The summed E-state index contributed by atoms with van der Waals surface area (Å²) in [6.07, 6.45) is 0. The van der Waals surface area contributed by atoms with E-state index in [-0.39, 0.29) is 17.4 Å². The highest BCUT2D eigenvalue weighted by molar-refractivity contribution is 5.72. The predicted octanol–water partition coefficient (Wildman–Crippen LogP) is 0.734. The maximum Gasteiger partial charge on any atom is 0.217 e. The molecule has 0 unspecified atom stereocenters. The Morgan fingerprint density at radius 3 is 2.31 bits per heavy atom. The lowest BCUT2D eigenvalue weighted by Crippen LogP contribution is -2.18. The quantitative estimate of drug-likeness (QED) is 0.630. The smallest absolute Gasteiger partial charge is 0.217 e. The molecule has 13 heavy (non-hydrogen) atoms. The van der Waals surface area contributed by atoms with Gasteiger partial charge in [-0.3, -0.25) is 4.79 Å². The van der Waals surface area contributed by atoms with Crippen LogP contribution < -0.4 is 5.32 Å². The van der Waals surface area contributed by atoms with Gasteiger partial charge < -0.3 is 15.5 Å². The van der Waals surface area contributed by atoms with Crippen LogP contribution in [0.25, 0.3) is 0 Å². The summed E-state index contributed by atoms with van der Waals surface area (Å²) < 4.78 is 0. The highest BCUT2D eigenvalue weighted by Gasteiger charge is 1.99. The molecule has 1 amide bonds. The Balaban J connectivity index is 2.71. The summed E-state index contributed by atoms with van der Waals surface area (Å²) in [6, 6.07) is 4.20. The van der Waals surface area contributed by atoms with Crippen molar-refractivity contribution in [3.8, 4) is 11.5 Å². The number of nitrogens with one attached hydrogen (secondary N) is 1. The molecule has 0 bridgehead atoms. The highest BCUT2D eigenvalue weighted by Crippen LogP contribution is 2.19. The average molecular weight is 181 g/mol. The second-order valence-electron chi connectivity index (χ2n) is 2.77. The lowest BCUT2D eigenvalue weighted by atomic mass is 10.2. The number of amides is 1. The molecule has 1 aromatic rings. The maximum absolute atomic E-state index is 10.6. The minimum atomic E-state index is -0.150. The molecule has 3 N–H and O–H groups in total. The highest BCUT2D eigenvalue weighted by atomic mass is 16.3. The molecule has 70 valence electrons.